The van der Waals surface area contributed by atoms with Crippen molar-refractivity contribution in [2.45, 2.75) is 20.3 Å². The van der Waals surface area contributed by atoms with Crippen molar-refractivity contribution in [1.29, 1.82) is 0 Å². The van der Waals surface area contributed by atoms with E-state index in [1.807, 2.05) is 18.7 Å². The van der Waals surface area contributed by atoms with Gasteiger partial charge in [0.15, 0.2) is 0 Å². The van der Waals surface area contributed by atoms with Gasteiger partial charge in [-0.3, -0.25) is 4.79 Å². The van der Waals surface area contributed by atoms with Crippen molar-refractivity contribution in [3.63, 3.8) is 0 Å². The van der Waals surface area contributed by atoms with E-state index < -0.39 is 0 Å². The molecular formula is C13H20N3O. The zero-order valence-corrected chi connectivity index (χ0v) is 10.8. The number of nitrogens with one attached hydrogen (secondary N) is 1. The van der Waals surface area contributed by atoms with Gasteiger partial charge in [-0.05, 0) is 32.0 Å². The molecule has 0 aromatic carbocycles. The molecule has 0 bridgehead atoms. The SMILES string of the molecule is Cc1[c][nH]c(C)c1CC(=O)N1CCN(C)CC1. The standard InChI is InChI=1S/C13H20N3O/c1-10-9-14-11(2)12(10)8-13(17)16-6-4-15(3)5-7-16/h14H,4-8H2,1-3H3. The lowest BCUT2D eigenvalue weighted by atomic mass is 10.1. The lowest BCUT2D eigenvalue weighted by Gasteiger charge is -2.32. The number of hydrogen-bond donors (Lipinski definition) is 1. The number of likely N-dealkylation sites (N-methyl/N-ethyl adjacent to an activating group) is 1. The van der Waals surface area contributed by atoms with Gasteiger partial charge in [0, 0.05) is 31.9 Å². The molecule has 0 saturated carbocycles. The lowest BCUT2D eigenvalue weighted by Crippen LogP contribution is -2.47. The lowest BCUT2D eigenvalue weighted by molar-refractivity contribution is -0.132. The number of nitrogens with zero attached hydrogens (tertiary/aromatic N) is 2. The number of aryl methyl sites for hydroxylation is 2. The predicted molar refractivity (Wildman–Crippen MR) is 66.9 cm³/mol. The van der Waals surface area contributed by atoms with Crippen LogP contribution in [0.15, 0.2) is 0 Å². The van der Waals surface area contributed by atoms with E-state index in [0.29, 0.717) is 6.42 Å². The first-order valence-corrected chi connectivity index (χ1v) is 6.10. The largest absolute Gasteiger partial charge is 0.357 e. The Kier molecular flexibility index (Phi) is 3.52. The molecular weight excluding hydrogens is 214 g/mol. The fourth-order valence-electron chi connectivity index (χ4n) is 2.20. The Bertz CT molecular complexity index is 383. The van der Waals surface area contributed by atoms with Crippen LogP contribution in [0.4, 0.5) is 0 Å². The maximum Gasteiger partial charge on any atom is 0.227 e. The van der Waals surface area contributed by atoms with E-state index in [1.54, 1.807) is 0 Å². The Labute approximate surface area is 103 Å². The topological polar surface area (TPSA) is 39.3 Å². The second kappa shape index (κ2) is 4.92. The number of rotatable bonds is 2. The number of aromatic nitrogens is 1. The maximum atomic E-state index is 12.2. The number of carbonyl (C=O) groups excluding carboxylic acids is 1. The Morgan fingerprint density at radius 1 is 1.29 bits per heavy atom. The number of amides is 1. The fraction of sp³-hybridized carbons (Fsp3) is 0.615. The van der Waals surface area contributed by atoms with Crippen LogP contribution in [-0.4, -0.2) is 53.9 Å². The van der Waals surface area contributed by atoms with E-state index in [1.165, 1.54) is 0 Å². The molecule has 1 aromatic heterocycles. The Balaban J connectivity index is 1.98. The summed E-state index contributed by atoms with van der Waals surface area (Å²) in [6.45, 7) is 7.64. The van der Waals surface area contributed by atoms with E-state index >= 15 is 0 Å². The zero-order valence-electron chi connectivity index (χ0n) is 10.8. The summed E-state index contributed by atoms with van der Waals surface area (Å²) in [6.07, 6.45) is 3.55. The molecule has 1 fully saturated rings. The first-order chi connectivity index (χ1) is 8.08. The normalized spacial score (nSPS) is 17.5. The second-order valence-electron chi connectivity index (χ2n) is 4.84. The molecule has 2 rings (SSSR count). The smallest absolute Gasteiger partial charge is 0.227 e. The van der Waals surface area contributed by atoms with Crippen molar-refractivity contribution >= 4 is 5.91 Å². The van der Waals surface area contributed by atoms with Crippen LogP contribution >= 0.6 is 0 Å². The van der Waals surface area contributed by atoms with Crippen molar-refractivity contribution in [3.05, 3.63) is 23.0 Å². The minimum atomic E-state index is 0.234. The highest BCUT2D eigenvalue weighted by Gasteiger charge is 2.20. The van der Waals surface area contributed by atoms with Crippen molar-refractivity contribution in [2.24, 2.45) is 0 Å². The average Bonchev–Trinajstić information content (AvgIpc) is 2.61. The molecule has 17 heavy (non-hydrogen) atoms. The molecule has 1 saturated heterocycles. The minimum Gasteiger partial charge on any atom is -0.357 e. The number of piperazine rings is 1. The maximum absolute atomic E-state index is 12.2. The van der Waals surface area contributed by atoms with Gasteiger partial charge in [-0.15, -0.1) is 0 Å². The van der Waals surface area contributed by atoms with Crippen LogP contribution in [0, 0.1) is 20.0 Å². The summed E-state index contributed by atoms with van der Waals surface area (Å²) in [5.41, 5.74) is 3.23. The Morgan fingerprint density at radius 3 is 2.47 bits per heavy atom. The van der Waals surface area contributed by atoms with Gasteiger partial charge in [-0.25, -0.2) is 0 Å². The average molecular weight is 234 g/mol. The van der Waals surface area contributed by atoms with Crippen LogP contribution in [0.3, 0.4) is 0 Å². The van der Waals surface area contributed by atoms with Gasteiger partial charge in [0.05, 0.1) is 12.6 Å². The van der Waals surface area contributed by atoms with Gasteiger partial charge in [0.1, 0.15) is 0 Å². The van der Waals surface area contributed by atoms with Crippen LogP contribution in [0.5, 0.6) is 0 Å². The third-order valence-corrected chi connectivity index (χ3v) is 3.53. The van der Waals surface area contributed by atoms with E-state index in [4.69, 9.17) is 0 Å². The molecule has 1 N–H and O–H groups in total. The van der Waals surface area contributed by atoms with Crippen molar-refractivity contribution < 1.29 is 4.79 Å². The molecule has 4 nitrogen and oxygen atoms in total. The van der Waals surface area contributed by atoms with E-state index in [9.17, 15) is 4.79 Å². The number of carbonyl (C=O) groups is 1. The highest BCUT2D eigenvalue weighted by molar-refractivity contribution is 5.79. The molecule has 1 aliphatic heterocycles. The molecule has 0 atom stereocenters. The van der Waals surface area contributed by atoms with Crippen LogP contribution in [0.2, 0.25) is 0 Å². The highest BCUT2D eigenvalue weighted by Crippen LogP contribution is 2.14. The summed E-state index contributed by atoms with van der Waals surface area (Å²) in [5, 5.41) is 0. The summed E-state index contributed by atoms with van der Waals surface area (Å²) in [6, 6.07) is 0. The van der Waals surface area contributed by atoms with Crippen molar-refractivity contribution in [1.82, 2.24) is 14.8 Å². The van der Waals surface area contributed by atoms with Gasteiger partial charge in [0.2, 0.25) is 5.91 Å². The molecule has 0 spiro atoms. The molecule has 1 aliphatic rings. The summed E-state index contributed by atoms with van der Waals surface area (Å²) in [5.74, 6) is 0.234. The van der Waals surface area contributed by atoms with Gasteiger partial charge in [0.25, 0.3) is 0 Å². The highest BCUT2D eigenvalue weighted by atomic mass is 16.2. The fourth-order valence-corrected chi connectivity index (χ4v) is 2.20. The van der Waals surface area contributed by atoms with Crippen LogP contribution in [0.25, 0.3) is 0 Å². The summed E-state index contributed by atoms with van der Waals surface area (Å²) in [4.78, 5) is 19.4. The molecule has 0 aliphatic carbocycles. The van der Waals surface area contributed by atoms with Gasteiger partial charge >= 0.3 is 0 Å². The quantitative estimate of drug-likeness (QED) is 0.820. The third kappa shape index (κ3) is 2.69. The minimum absolute atomic E-state index is 0.234. The molecule has 2 heterocycles. The van der Waals surface area contributed by atoms with E-state index in [-0.39, 0.29) is 5.91 Å². The monoisotopic (exact) mass is 234 g/mol. The van der Waals surface area contributed by atoms with Gasteiger partial charge in [-0.1, -0.05) is 0 Å². The van der Waals surface area contributed by atoms with Crippen molar-refractivity contribution in [3.8, 4) is 0 Å². The molecule has 93 valence electrons. The Morgan fingerprint density at radius 2 is 1.94 bits per heavy atom. The van der Waals surface area contributed by atoms with Crippen LogP contribution in [0.1, 0.15) is 16.8 Å². The molecule has 4 heteroatoms. The second-order valence-corrected chi connectivity index (χ2v) is 4.84. The van der Waals surface area contributed by atoms with Crippen molar-refractivity contribution in [2.75, 3.05) is 33.2 Å². The summed E-state index contributed by atoms with van der Waals surface area (Å²) >= 11 is 0. The van der Waals surface area contributed by atoms with Crippen LogP contribution < -0.4 is 0 Å². The number of aromatic amines is 1. The summed E-state index contributed by atoms with van der Waals surface area (Å²) < 4.78 is 0. The third-order valence-electron chi connectivity index (χ3n) is 3.53. The first-order valence-electron chi connectivity index (χ1n) is 6.10. The van der Waals surface area contributed by atoms with E-state index in [2.05, 4.69) is 23.1 Å². The zero-order chi connectivity index (χ0) is 12.4. The Hall–Kier alpha value is -1.29. The number of hydrogen-bond acceptors (Lipinski definition) is 2. The molecule has 0 unspecified atom stereocenters. The number of H-pyrrole nitrogens is 1. The molecule has 1 amide bonds. The van der Waals surface area contributed by atoms with Gasteiger partial charge < -0.3 is 14.8 Å². The molecule has 1 radical (unpaired) electrons. The first kappa shape index (κ1) is 12.2. The van der Waals surface area contributed by atoms with Gasteiger partial charge in [-0.2, -0.15) is 0 Å². The summed E-state index contributed by atoms with van der Waals surface area (Å²) in [7, 11) is 2.09. The van der Waals surface area contributed by atoms with Crippen LogP contribution in [-0.2, 0) is 11.2 Å². The van der Waals surface area contributed by atoms with E-state index in [0.717, 1.165) is 43.0 Å². The molecule has 1 aromatic rings. The predicted octanol–water partition coefficient (Wildman–Crippen LogP) is 0.748.